The molecule has 0 saturated carbocycles. The molecule has 2 rings (SSSR count). The summed E-state index contributed by atoms with van der Waals surface area (Å²) in [4.78, 5) is 2.03. The van der Waals surface area contributed by atoms with Crippen molar-refractivity contribution in [3.63, 3.8) is 0 Å². The summed E-state index contributed by atoms with van der Waals surface area (Å²) in [5.41, 5.74) is 0.752. The summed E-state index contributed by atoms with van der Waals surface area (Å²) in [6, 6.07) is 3.16. The van der Waals surface area contributed by atoms with Crippen LogP contribution >= 0.6 is 0 Å². The lowest BCUT2D eigenvalue weighted by Gasteiger charge is -2.43. The molecule has 1 aliphatic rings. The SMILES string of the molecule is CCC1CNC(C(C)C)CN1c1cc(F)c(C)cc1F. The van der Waals surface area contributed by atoms with Crippen LogP contribution in [0, 0.1) is 24.5 Å². The Balaban J connectivity index is 2.33. The van der Waals surface area contributed by atoms with Gasteiger partial charge in [-0.1, -0.05) is 20.8 Å². The quantitative estimate of drug-likeness (QED) is 0.913. The number of hydrogen-bond donors (Lipinski definition) is 1. The Bertz CT molecular complexity index is 474. The fourth-order valence-electron chi connectivity index (χ4n) is 2.79. The first-order valence-electron chi connectivity index (χ1n) is 7.39. The number of anilines is 1. The minimum atomic E-state index is -0.337. The number of rotatable bonds is 3. The van der Waals surface area contributed by atoms with Crippen LogP contribution in [0.25, 0.3) is 0 Å². The number of benzene rings is 1. The van der Waals surface area contributed by atoms with Gasteiger partial charge in [-0.25, -0.2) is 8.78 Å². The van der Waals surface area contributed by atoms with Crippen LogP contribution in [0.1, 0.15) is 32.8 Å². The molecule has 0 aromatic heterocycles. The van der Waals surface area contributed by atoms with Gasteiger partial charge >= 0.3 is 0 Å². The molecular formula is C16H24F2N2. The van der Waals surface area contributed by atoms with Gasteiger partial charge in [-0.3, -0.25) is 0 Å². The third kappa shape index (κ3) is 2.95. The second kappa shape index (κ2) is 6.08. The molecule has 2 atom stereocenters. The largest absolute Gasteiger partial charge is 0.363 e. The fraction of sp³-hybridized carbons (Fsp3) is 0.625. The van der Waals surface area contributed by atoms with E-state index in [-0.39, 0.29) is 17.7 Å². The predicted octanol–water partition coefficient (Wildman–Crippen LogP) is 3.49. The molecule has 1 fully saturated rings. The zero-order valence-corrected chi connectivity index (χ0v) is 12.7. The van der Waals surface area contributed by atoms with Crippen molar-refractivity contribution in [3.05, 3.63) is 29.3 Å². The van der Waals surface area contributed by atoms with Gasteiger partial charge in [0.05, 0.1) is 5.69 Å². The zero-order chi connectivity index (χ0) is 14.9. The summed E-state index contributed by atoms with van der Waals surface area (Å²) in [5.74, 6) is -0.198. The lowest BCUT2D eigenvalue weighted by Crippen LogP contribution is -2.58. The number of nitrogens with zero attached hydrogens (tertiary/aromatic N) is 1. The molecule has 0 spiro atoms. The van der Waals surface area contributed by atoms with Crippen molar-refractivity contribution in [1.82, 2.24) is 5.32 Å². The highest BCUT2D eigenvalue weighted by Gasteiger charge is 2.30. The van der Waals surface area contributed by atoms with Gasteiger partial charge in [0.1, 0.15) is 11.6 Å². The maximum Gasteiger partial charge on any atom is 0.146 e. The van der Waals surface area contributed by atoms with Gasteiger partial charge in [0.25, 0.3) is 0 Å². The molecule has 20 heavy (non-hydrogen) atoms. The van der Waals surface area contributed by atoms with Crippen LogP contribution in [0.15, 0.2) is 12.1 Å². The Kier molecular flexibility index (Phi) is 4.63. The highest BCUT2D eigenvalue weighted by atomic mass is 19.1. The van der Waals surface area contributed by atoms with E-state index >= 15 is 0 Å². The van der Waals surface area contributed by atoms with E-state index in [4.69, 9.17) is 0 Å². The number of nitrogens with one attached hydrogen (secondary N) is 1. The van der Waals surface area contributed by atoms with Crippen LogP contribution in [0.2, 0.25) is 0 Å². The standard InChI is InChI=1S/C16H24F2N2/c1-5-12-8-19-15(10(2)3)9-20(12)16-7-13(17)11(4)6-14(16)18/h6-7,10,12,15,19H,5,8-9H2,1-4H3. The first kappa shape index (κ1) is 15.2. The molecule has 0 radical (unpaired) electrons. The van der Waals surface area contributed by atoms with Crippen LogP contribution < -0.4 is 10.2 Å². The molecule has 1 aliphatic heterocycles. The number of aryl methyl sites for hydroxylation is 1. The number of hydrogen-bond acceptors (Lipinski definition) is 2. The number of piperazine rings is 1. The molecule has 1 heterocycles. The first-order valence-corrected chi connectivity index (χ1v) is 7.39. The van der Waals surface area contributed by atoms with Crippen molar-refractivity contribution < 1.29 is 8.78 Å². The molecule has 2 nitrogen and oxygen atoms in total. The van der Waals surface area contributed by atoms with E-state index in [9.17, 15) is 8.78 Å². The lowest BCUT2D eigenvalue weighted by atomic mass is 9.97. The Morgan fingerprint density at radius 2 is 2.00 bits per heavy atom. The van der Waals surface area contributed by atoms with Gasteiger partial charge in [-0.2, -0.15) is 0 Å². The maximum absolute atomic E-state index is 14.2. The molecule has 1 aromatic carbocycles. The molecule has 0 aliphatic carbocycles. The van der Waals surface area contributed by atoms with Gasteiger partial charge in [-0.15, -0.1) is 0 Å². The molecule has 1 aromatic rings. The van der Waals surface area contributed by atoms with Gasteiger partial charge in [0.15, 0.2) is 0 Å². The van der Waals surface area contributed by atoms with Crippen LogP contribution in [-0.2, 0) is 0 Å². The molecule has 2 unspecified atom stereocenters. The Labute approximate surface area is 120 Å². The van der Waals surface area contributed by atoms with E-state index in [0.717, 1.165) is 19.5 Å². The molecule has 1 N–H and O–H groups in total. The summed E-state index contributed by atoms with van der Waals surface area (Å²) < 4.78 is 28.0. The van der Waals surface area contributed by atoms with Gasteiger partial charge < -0.3 is 10.2 Å². The third-order valence-electron chi connectivity index (χ3n) is 4.26. The average Bonchev–Trinajstić information content (AvgIpc) is 2.42. The minimum absolute atomic E-state index is 0.210. The maximum atomic E-state index is 14.2. The van der Waals surface area contributed by atoms with Crippen molar-refractivity contribution in [2.45, 2.75) is 46.2 Å². The summed E-state index contributed by atoms with van der Waals surface area (Å²) in [6.07, 6.45) is 0.909. The van der Waals surface area contributed by atoms with Gasteiger partial charge in [0.2, 0.25) is 0 Å². The van der Waals surface area contributed by atoms with Crippen LogP contribution in [0.4, 0.5) is 14.5 Å². The molecule has 1 saturated heterocycles. The van der Waals surface area contributed by atoms with Crippen LogP contribution in [0.3, 0.4) is 0 Å². The lowest BCUT2D eigenvalue weighted by molar-refractivity contribution is 0.323. The first-order chi connectivity index (χ1) is 9.43. The second-order valence-corrected chi connectivity index (χ2v) is 6.03. The smallest absolute Gasteiger partial charge is 0.146 e. The second-order valence-electron chi connectivity index (χ2n) is 6.03. The molecule has 4 heteroatoms. The van der Waals surface area contributed by atoms with E-state index in [1.807, 2.05) is 4.90 Å². The van der Waals surface area contributed by atoms with Crippen LogP contribution in [-0.4, -0.2) is 25.2 Å². The van der Waals surface area contributed by atoms with Gasteiger partial charge in [0, 0.05) is 31.2 Å². The topological polar surface area (TPSA) is 15.3 Å². The van der Waals surface area contributed by atoms with Crippen molar-refractivity contribution in [2.24, 2.45) is 5.92 Å². The van der Waals surface area contributed by atoms with Crippen molar-refractivity contribution in [1.29, 1.82) is 0 Å². The van der Waals surface area contributed by atoms with E-state index in [0.29, 0.717) is 23.2 Å². The third-order valence-corrected chi connectivity index (χ3v) is 4.26. The zero-order valence-electron chi connectivity index (χ0n) is 12.7. The Hall–Kier alpha value is -1.16. The molecule has 0 bridgehead atoms. The van der Waals surface area contributed by atoms with E-state index < -0.39 is 0 Å². The fourth-order valence-corrected chi connectivity index (χ4v) is 2.79. The molecule has 112 valence electrons. The van der Waals surface area contributed by atoms with Crippen molar-refractivity contribution in [2.75, 3.05) is 18.0 Å². The normalized spacial score (nSPS) is 23.4. The summed E-state index contributed by atoms with van der Waals surface area (Å²) in [6.45, 7) is 9.50. The average molecular weight is 282 g/mol. The van der Waals surface area contributed by atoms with Crippen LogP contribution in [0.5, 0.6) is 0 Å². The van der Waals surface area contributed by atoms with Crippen molar-refractivity contribution in [3.8, 4) is 0 Å². The number of halogens is 2. The summed E-state index contributed by atoms with van der Waals surface area (Å²) in [7, 11) is 0. The Morgan fingerprint density at radius 3 is 2.60 bits per heavy atom. The molecule has 0 amide bonds. The minimum Gasteiger partial charge on any atom is -0.363 e. The van der Waals surface area contributed by atoms with E-state index in [1.54, 1.807) is 6.92 Å². The molecular weight excluding hydrogens is 258 g/mol. The monoisotopic (exact) mass is 282 g/mol. The summed E-state index contributed by atoms with van der Waals surface area (Å²) in [5, 5.41) is 3.51. The summed E-state index contributed by atoms with van der Waals surface area (Å²) >= 11 is 0. The van der Waals surface area contributed by atoms with Crippen molar-refractivity contribution >= 4 is 5.69 Å². The van der Waals surface area contributed by atoms with E-state index in [2.05, 4.69) is 26.1 Å². The predicted molar refractivity (Wildman–Crippen MR) is 79.1 cm³/mol. The highest BCUT2D eigenvalue weighted by molar-refractivity contribution is 5.51. The van der Waals surface area contributed by atoms with E-state index in [1.165, 1.54) is 12.1 Å². The van der Waals surface area contributed by atoms with Gasteiger partial charge in [-0.05, 0) is 30.9 Å². The highest BCUT2D eigenvalue weighted by Crippen LogP contribution is 2.28. The Morgan fingerprint density at radius 1 is 1.30 bits per heavy atom.